The van der Waals surface area contributed by atoms with Crippen molar-refractivity contribution in [2.75, 3.05) is 25.1 Å². The molecule has 0 saturated carbocycles. The fourth-order valence-electron chi connectivity index (χ4n) is 3.44. The van der Waals surface area contributed by atoms with E-state index in [1.54, 1.807) is 13.1 Å². The third-order valence-electron chi connectivity index (χ3n) is 5.34. The van der Waals surface area contributed by atoms with Crippen molar-refractivity contribution in [3.8, 4) is 17.1 Å². The Balaban J connectivity index is 1.73. The number of fused-ring (bicyclic) bond motifs is 1. The first-order valence-corrected chi connectivity index (χ1v) is 10.8. The number of hydrogen-bond donors (Lipinski definition) is 1. The van der Waals surface area contributed by atoms with Gasteiger partial charge in [-0.2, -0.15) is 27.8 Å². The summed E-state index contributed by atoms with van der Waals surface area (Å²) in [6.45, 7) is 5.28. The van der Waals surface area contributed by atoms with Crippen LogP contribution < -0.4 is 10.1 Å². The SMILES string of the molecule is CCOC(C)n1cc(-c2ncc3nc(N[C@H]4CCOC[C@H]4F)nn3c2O[C@@H](C)C(F)(F)F)cn1. The van der Waals surface area contributed by atoms with Crippen LogP contribution in [0.25, 0.3) is 16.9 Å². The molecule has 0 spiro atoms. The second kappa shape index (κ2) is 9.70. The molecular formula is C20H25F4N7O3. The summed E-state index contributed by atoms with van der Waals surface area (Å²) >= 11 is 0. The van der Waals surface area contributed by atoms with Gasteiger partial charge in [0, 0.05) is 25.0 Å². The van der Waals surface area contributed by atoms with Crippen molar-refractivity contribution < 1.29 is 31.8 Å². The van der Waals surface area contributed by atoms with E-state index in [4.69, 9.17) is 14.2 Å². The van der Waals surface area contributed by atoms with E-state index in [-0.39, 0.29) is 29.8 Å². The van der Waals surface area contributed by atoms with Crippen molar-refractivity contribution in [2.45, 2.75) is 57.9 Å². The van der Waals surface area contributed by atoms with Gasteiger partial charge in [0.15, 0.2) is 11.8 Å². The van der Waals surface area contributed by atoms with Crippen LogP contribution in [0.5, 0.6) is 5.88 Å². The lowest BCUT2D eigenvalue weighted by molar-refractivity contribution is -0.190. The van der Waals surface area contributed by atoms with Crippen LogP contribution >= 0.6 is 0 Å². The van der Waals surface area contributed by atoms with Gasteiger partial charge in [0.1, 0.15) is 18.1 Å². The average molecular weight is 487 g/mol. The van der Waals surface area contributed by atoms with Gasteiger partial charge >= 0.3 is 6.18 Å². The van der Waals surface area contributed by atoms with E-state index in [1.165, 1.54) is 17.1 Å². The molecule has 1 fully saturated rings. The molecule has 0 radical (unpaired) electrons. The first-order chi connectivity index (χ1) is 16.2. The van der Waals surface area contributed by atoms with Crippen molar-refractivity contribution in [1.82, 2.24) is 29.4 Å². The predicted octanol–water partition coefficient (Wildman–Crippen LogP) is 3.41. The smallest absolute Gasteiger partial charge is 0.425 e. The molecule has 1 N–H and O–H groups in total. The zero-order valence-corrected chi connectivity index (χ0v) is 18.8. The Morgan fingerprint density at radius 3 is 2.79 bits per heavy atom. The number of rotatable bonds is 8. The van der Waals surface area contributed by atoms with Gasteiger partial charge in [-0.1, -0.05) is 0 Å². The lowest BCUT2D eigenvalue weighted by Crippen LogP contribution is -2.39. The second-order valence-corrected chi connectivity index (χ2v) is 7.81. The number of anilines is 1. The summed E-state index contributed by atoms with van der Waals surface area (Å²) in [5.41, 5.74) is 0.619. The first-order valence-electron chi connectivity index (χ1n) is 10.8. The summed E-state index contributed by atoms with van der Waals surface area (Å²) < 4.78 is 72.7. The van der Waals surface area contributed by atoms with E-state index in [2.05, 4.69) is 25.5 Å². The molecule has 1 unspecified atom stereocenters. The van der Waals surface area contributed by atoms with Crippen molar-refractivity contribution in [1.29, 1.82) is 0 Å². The number of nitrogens with one attached hydrogen (secondary N) is 1. The van der Waals surface area contributed by atoms with Crippen LogP contribution in [0.15, 0.2) is 18.6 Å². The minimum absolute atomic E-state index is 0.0404. The molecule has 0 amide bonds. The highest BCUT2D eigenvalue weighted by Crippen LogP contribution is 2.33. The monoisotopic (exact) mass is 487 g/mol. The number of nitrogens with zero attached hydrogens (tertiary/aromatic N) is 6. The molecule has 186 valence electrons. The third kappa shape index (κ3) is 5.06. The molecule has 3 aromatic rings. The lowest BCUT2D eigenvalue weighted by Gasteiger charge is -2.26. The molecule has 1 aliphatic heterocycles. The maximum absolute atomic E-state index is 14.1. The molecule has 0 aromatic carbocycles. The van der Waals surface area contributed by atoms with Crippen LogP contribution in [0, 0.1) is 0 Å². The van der Waals surface area contributed by atoms with Crippen LogP contribution in [-0.2, 0) is 9.47 Å². The first kappa shape index (κ1) is 24.1. The maximum atomic E-state index is 14.1. The van der Waals surface area contributed by atoms with Crippen molar-refractivity contribution >= 4 is 11.6 Å². The molecule has 1 saturated heterocycles. The van der Waals surface area contributed by atoms with E-state index >= 15 is 0 Å². The van der Waals surface area contributed by atoms with Gasteiger partial charge < -0.3 is 19.5 Å². The maximum Gasteiger partial charge on any atom is 0.425 e. The zero-order chi connectivity index (χ0) is 24.5. The third-order valence-corrected chi connectivity index (χ3v) is 5.34. The summed E-state index contributed by atoms with van der Waals surface area (Å²) in [5, 5.41) is 11.3. The number of ether oxygens (including phenoxy) is 3. The number of halogens is 4. The molecule has 1 aliphatic rings. The number of aromatic nitrogens is 6. The van der Waals surface area contributed by atoms with E-state index in [0.29, 0.717) is 25.2 Å². The molecule has 10 nitrogen and oxygen atoms in total. The van der Waals surface area contributed by atoms with Gasteiger partial charge in [0.05, 0.1) is 25.0 Å². The zero-order valence-electron chi connectivity index (χ0n) is 18.8. The van der Waals surface area contributed by atoms with Crippen LogP contribution in [0.3, 0.4) is 0 Å². The fourth-order valence-corrected chi connectivity index (χ4v) is 3.44. The van der Waals surface area contributed by atoms with Gasteiger partial charge in [-0.3, -0.25) is 0 Å². The van der Waals surface area contributed by atoms with E-state index in [9.17, 15) is 17.6 Å². The standard InChI is InChI=1S/C20H25F4N7O3/c1-4-33-12(3)30-9-13(7-26-30)17-18(34-11(2)20(22,23)24)31-16(8-25-17)28-19(29-31)27-15-5-6-32-10-14(15)21/h7-9,11-12,14-15H,4-6,10H2,1-3H3,(H,27,29)/t11-,12?,14+,15-/m0/s1. The van der Waals surface area contributed by atoms with Crippen LogP contribution in [-0.4, -0.2) is 73.7 Å². The van der Waals surface area contributed by atoms with Crippen LogP contribution in [0.2, 0.25) is 0 Å². The van der Waals surface area contributed by atoms with Gasteiger partial charge in [0.2, 0.25) is 11.8 Å². The van der Waals surface area contributed by atoms with Crippen LogP contribution in [0.1, 0.15) is 33.4 Å². The number of alkyl halides is 4. The summed E-state index contributed by atoms with van der Waals surface area (Å²) in [6.07, 6.45) is -3.67. The number of hydrogen-bond acceptors (Lipinski definition) is 8. The van der Waals surface area contributed by atoms with Crippen LogP contribution in [0.4, 0.5) is 23.5 Å². The Morgan fingerprint density at radius 1 is 1.29 bits per heavy atom. The molecule has 4 rings (SSSR count). The normalized spacial score (nSPS) is 20.9. The predicted molar refractivity (Wildman–Crippen MR) is 112 cm³/mol. The molecule has 4 heterocycles. The van der Waals surface area contributed by atoms with Gasteiger partial charge in [0.25, 0.3) is 0 Å². The largest absolute Gasteiger partial charge is 0.463 e. The molecule has 3 aromatic heterocycles. The molecule has 34 heavy (non-hydrogen) atoms. The Labute approximate surface area is 192 Å². The summed E-state index contributed by atoms with van der Waals surface area (Å²) in [6, 6.07) is -0.588. The van der Waals surface area contributed by atoms with Crippen molar-refractivity contribution in [2.24, 2.45) is 0 Å². The second-order valence-electron chi connectivity index (χ2n) is 7.81. The van der Waals surface area contributed by atoms with Crippen molar-refractivity contribution in [3.63, 3.8) is 0 Å². The van der Waals surface area contributed by atoms with Gasteiger partial charge in [-0.25, -0.2) is 14.1 Å². The lowest BCUT2D eigenvalue weighted by atomic mass is 10.1. The van der Waals surface area contributed by atoms with E-state index in [0.717, 1.165) is 11.4 Å². The van der Waals surface area contributed by atoms with Gasteiger partial charge in [-0.15, -0.1) is 5.10 Å². The minimum Gasteiger partial charge on any atom is -0.463 e. The Kier molecular flexibility index (Phi) is 6.89. The summed E-state index contributed by atoms with van der Waals surface area (Å²) in [4.78, 5) is 8.51. The fraction of sp³-hybridized carbons (Fsp3) is 0.600. The molecule has 0 aliphatic carbocycles. The Bertz CT molecular complexity index is 1120. The van der Waals surface area contributed by atoms with E-state index < -0.39 is 30.7 Å². The highest BCUT2D eigenvalue weighted by molar-refractivity contribution is 5.65. The molecule has 14 heteroatoms. The summed E-state index contributed by atoms with van der Waals surface area (Å²) in [5.74, 6) is -0.228. The molecule has 4 atom stereocenters. The minimum atomic E-state index is -4.63. The highest BCUT2D eigenvalue weighted by Gasteiger charge is 2.39. The molecule has 0 bridgehead atoms. The van der Waals surface area contributed by atoms with Crippen molar-refractivity contribution in [3.05, 3.63) is 18.6 Å². The summed E-state index contributed by atoms with van der Waals surface area (Å²) in [7, 11) is 0. The topological polar surface area (TPSA) is 101 Å². The molecular weight excluding hydrogens is 462 g/mol. The van der Waals surface area contributed by atoms with E-state index in [1.807, 2.05) is 6.92 Å². The Hall–Kier alpha value is -3.00. The Morgan fingerprint density at radius 2 is 2.09 bits per heavy atom. The highest BCUT2D eigenvalue weighted by atomic mass is 19.4. The average Bonchev–Trinajstić information content (AvgIpc) is 3.42. The quantitative estimate of drug-likeness (QED) is 0.483. The van der Waals surface area contributed by atoms with Gasteiger partial charge in [-0.05, 0) is 27.2 Å².